The Bertz CT molecular complexity index is 309. The fourth-order valence-electron chi connectivity index (χ4n) is 2.19. The molecule has 1 amide bonds. The van der Waals surface area contributed by atoms with Crippen LogP contribution in [-0.2, 0) is 9.59 Å². The molecule has 2 N–H and O–H groups in total. The van der Waals surface area contributed by atoms with E-state index in [1.165, 1.54) is 39.5 Å². The van der Waals surface area contributed by atoms with E-state index in [4.69, 9.17) is 5.11 Å². The summed E-state index contributed by atoms with van der Waals surface area (Å²) in [6, 6.07) is 0.620. The van der Waals surface area contributed by atoms with E-state index in [-0.39, 0.29) is 0 Å². The summed E-state index contributed by atoms with van der Waals surface area (Å²) in [5, 5.41) is 11.6. The van der Waals surface area contributed by atoms with Crippen LogP contribution in [0.15, 0.2) is 0 Å². The van der Waals surface area contributed by atoms with E-state index in [1.807, 2.05) is 0 Å². The molecule has 18 heavy (non-hydrogen) atoms. The lowest BCUT2D eigenvalue weighted by Crippen LogP contribution is -2.45. The number of nitrogens with zero attached hydrogens (tertiary/aromatic N) is 1. The molecule has 1 aliphatic carbocycles. The highest BCUT2D eigenvalue weighted by atomic mass is 16.4. The number of nitrogens with one attached hydrogen (secondary N) is 1. The molecule has 5 nitrogen and oxygen atoms in total. The van der Waals surface area contributed by atoms with Gasteiger partial charge in [0.15, 0.2) is 0 Å². The standard InChI is InChI=1S/C13H24N2O3/c1-13(2,12(17)18)11(16)14-8-9-15(3)10-6-4-5-7-10/h10H,4-9H2,1-3H3,(H,14,16)(H,17,18). The molecule has 104 valence electrons. The van der Waals surface area contributed by atoms with Crippen molar-refractivity contribution in [3.05, 3.63) is 0 Å². The molecule has 0 heterocycles. The Kier molecular flexibility index (Phi) is 5.14. The molecular weight excluding hydrogens is 232 g/mol. The van der Waals surface area contributed by atoms with Crippen molar-refractivity contribution in [3.63, 3.8) is 0 Å². The number of hydrogen-bond acceptors (Lipinski definition) is 3. The quantitative estimate of drug-likeness (QED) is 0.698. The Balaban J connectivity index is 2.28. The van der Waals surface area contributed by atoms with Crippen molar-refractivity contribution in [2.75, 3.05) is 20.1 Å². The molecule has 1 saturated carbocycles. The van der Waals surface area contributed by atoms with Gasteiger partial charge in [-0.2, -0.15) is 0 Å². The van der Waals surface area contributed by atoms with Crippen LogP contribution in [0, 0.1) is 5.41 Å². The molecule has 5 heteroatoms. The average Bonchev–Trinajstić information content (AvgIpc) is 2.81. The number of carboxylic acids is 1. The third-order valence-electron chi connectivity index (χ3n) is 3.80. The van der Waals surface area contributed by atoms with Crippen LogP contribution in [0.4, 0.5) is 0 Å². The molecular formula is C13H24N2O3. The lowest BCUT2D eigenvalue weighted by molar-refractivity contribution is -0.153. The summed E-state index contributed by atoms with van der Waals surface area (Å²) in [7, 11) is 2.06. The van der Waals surface area contributed by atoms with E-state index < -0.39 is 17.3 Å². The SMILES string of the molecule is CN(CCNC(=O)C(C)(C)C(=O)O)C1CCCC1. The largest absolute Gasteiger partial charge is 0.480 e. The van der Waals surface area contributed by atoms with Crippen LogP contribution in [0.1, 0.15) is 39.5 Å². The molecule has 1 fully saturated rings. The highest BCUT2D eigenvalue weighted by Crippen LogP contribution is 2.21. The lowest BCUT2D eigenvalue weighted by Gasteiger charge is -2.25. The van der Waals surface area contributed by atoms with Crippen LogP contribution in [0.5, 0.6) is 0 Å². The first-order chi connectivity index (χ1) is 8.35. The topological polar surface area (TPSA) is 69.6 Å². The summed E-state index contributed by atoms with van der Waals surface area (Å²) < 4.78 is 0. The number of carbonyl (C=O) groups excluding carboxylic acids is 1. The lowest BCUT2D eigenvalue weighted by atomic mass is 9.93. The Morgan fingerprint density at radius 1 is 1.33 bits per heavy atom. The van der Waals surface area contributed by atoms with E-state index in [0.29, 0.717) is 12.6 Å². The molecule has 0 atom stereocenters. The summed E-state index contributed by atoms with van der Waals surface area (Å²) in [5.74, 6) is -1.51. The van der Waals surface area contributed by atoms with Gasteiger partial charge >= 0.3 is 5.97 Å². The zero-order valence-corrected chi connectivity index (χ0v) is 11.5. The van der Waals surface area contributed by atoms with Crippen molar-refractivity contribution in [2.45, 2.75) is 45.6 Å². The number of rotatable bonds is 6. The molecule has 0 aromatic rings. The minimum Gasteiger partial charge on any atom is -0.480 e. The molecule has 0 saturated heterocycles. The molecule has 1 rings (SSSR count). The van der Waals surface area contributed by atoms with Gasteiger partial charge in [0.1, 0.15) is 5.41 Å². The second-order valence-corrected chi connectivity index (χ2v) is 5.60. The Morgan fingerprint density at radius 2 is 1.89 bits per heavy atom. The monoisotopic (exact) mass is 256 g/mol. The average molecular weight is 256 g/mol. The molecule has 0 aromatic heterocycles. The van der Waals surface area contributed by atoms with Gasteiger partial charge in [-0.05, 0) is 33.7 Å². The van der Waals surface area contributed by atoms with Crippen LogP contribution in [0.25, 0.3) is 0 Å². The predicted molar refractivity (Wildman–Crippen MR) is 69.3 cm³/mol. The van der Waals surface area contributed by atoms with Crippen molar-refractivity contribution in [2.24, 2.45) is 5.41 Å². The number of likely N-dealkylation sites (N-methyl/N-ethyl adjacent to an activating group) is 1. The molecule has 1 aliphatic rings. The van der Waals surface area contributed by atoms with Crippen molar-refractivity contribution in [1.29, 1.82) is 0 Å². The van der Waals surface area contributed by atoms with Crippen molar-refractivity contribution >= 4 is 11.9 Å². The smallest absolute Gasteiger partial charge is 0.318 e. The van der Waals surface area contributed by atoms with E-state index >= 15 is 0 Å². The number of carboxylic acid groups (broad SMARTS) is 1. The van der Waals surface area contributed by atoms with Gasteiger partial charge in [0.05, 0.1) is 0 Å². The number of carbonyl (C=O) groups is 2. The van der Waals surface area contributed by atoms with Crippen LogP contribution in [-0.4, -0.2) is 48.1 Å². The zero-order valence-electron chi connectivity index (χ0n) is 11.5. The zero-order chi connectivity index (χ0) is 13.8. The Hall–Kier alpha value is -1.10. The van der Waals surface area contributed by atoms with Crippen LogP contribution in [0.2, 0.25) is 0 Å². The van der Waals surface area contributed by atoms with Crippen LogP contribution < -0.4 is 5.32 Å². The Labute approximate surface area is 109 Å². The first kappa shape index (κ1) is 15.0. The van der Waals surface area contributed by atoms with Crippen molar-refractivity contribution in [1.82, 2.24) is 10.2 Å². The van der Waals surface area contributed by atoms with Gasteiger partial charge in [0, 0.05) is 19.1 Å². The van der Waals surface area contributed by atoms with Crippen LogP contribution >= 0.6 is 0 Å². The minimum atomic E-state index is -1.36. The first-order valence-corrected chi connectivity index (χ1v) is 6.57. The normalized spacial score (nSPS) is 17.1. The van der Waals surface area contributed by atoms with E-state index in [1.54, 1.807) is 0 Å². The van der Waals surface area contributed by atoms with Gasteiger partial charge in [0.25, 0.3) is 0 Å². The van der Waals surface area contributed by atoms with Crippen LogP contribution in [0.3, 0.4) is 0 Å². The van der Waals surface area contributed by atoms with E-state index in [0.717, 1.165) is 6.54 Å². The third kappa shape index (κ3) is 3.70. The van der Waals surface area contributed by atoms with Gasteiger partial charge < -0.3 is 15.3 Å². The van der Waals surface area contributed by atoms with Gasteiger partial charge in [-0.25, -0.2) is 0 Å². The highest BCUT2D eigenvalue weighted by Gasteiger charge is 2.35. The van der Waals surface area contributed by atoms with Gasteiger partial charge in [-0.1, -0.05) is 12.8 Å². The molecule has 0 radical (unpaired) electrons. The second-order valence-electron chi connectivity index (χ2n) is 5.60. The second kappa shape index (κ2) is 6.18. The maximum atomic E-state index is 11.7. The maximum Gasteiger partial charge on any atom is 0.318 e. The summed E-state index contributed by atoms with van der Waals surface area (Å²) in [4.78, 5) is 24.8. The third-order valence-corrected chi connectivity index (χ3v) is 3.80. The highest BCUT2D eigenvalue weighted by molar-refractivity contribution is 6.00. The molecule has 0 spiro atoms. The minimum absolute atomic E-state index is 0.421. The molecule has 0 aliphatic heterocycles. The Morgan fingerprint density at radius 3 is 2.39 bits per heavy atom. The number of hydrogen-bond donors (Lipinski definition) is 2. The van der Waals surface area contributed by atoms with E-state index in [2.05, 4.69) is 17.3 Å². The number of amides is 1. The van der Waals surface area contributed by atoms with Crippen molar-refractivity contribution < 1.29 is 14.7 Å². The fourth-order valence-corrected chi connectivity index (χ4v) is 2.19. The molecule has 0 aromatic carbocycles. The predicted octanol–water partition coefficient (Wildman–Crippen LogP) is 1.09. The summed E-state index contributed by atoms with van der Waals surface area (Å²) in [6.45, 7) is 4.12. The summed E-state index contributed by atoms with van der Waals surface area (Å²) in [5.41, 5.74) is -1.36. The van der Waals surface area contributed by atoms with E-state index in [9.17, 15) is 9.59 Å². The maximum absolute atomic E-state index is 11.7. The summed E-state index contributed by atoms with van der Waals surface area (Å²) in [6.07, 6.45) is 5.02. The summed E-state index contributed by atoms with van der Waals surface area (Å²) >= 11 is 0. The van der Waals surface area contributed by atoms with Gasteiger partial charge in [-0.15, -0.1) is 0 Å². The molecule has 0 unspecified atom stereocenters. The first-order valence-electron chi connectivity index (χ1n) is 6.57. The van der Waals surface area contributed by atoms with Crippen molar-refractivity contribution in [3.8, 4) is 0 Å². The fraction of sp³-hybridized carbons (Fsp3) is 0.846. The van der Waals surface area contributed by atoms with Gasteiger partial charge in [0.2, 0.25) is 5.91 Å². The number of aliphatic carboxylic acids is 1. The molecule has 0 bridgehead atoms. The van der Waals surface area contributed by atoms with Gasteiger partial charge in [-0.3, -0.25) is 9.59 Å².